The van der Waals surface area contributed by atoms with Crippen LogP contribution < -0.4 is 10.2 Å². The Balaban J connectivity index is 2.31. The van der Waals surface area contributed by atoms with Crippen molar-refractivity contribution in [3.05, 3.63) is 74.3 Å². The average molecular weight is 450 g/mol. The van der Waals surface area contributed by atoms with Gasteiger partial charge in [0.15, 0.2) is 11.7 Å². The lowest BCUT2D eigenvalue weighted by molar-refractivity contribution is -0.0437. The van der Waals surface area contributed by atoms with Gasteiger partial charge in [-0.15, -0.1) is 0 Å². The van der Waals surface area contributed by atoms with Gasteiger partial charge in [-0.3, -0.25) is 4.79 Å². The van der Waals surface area contributed by atoms with Crippen LogP contribution in [-0.4, -0.2) is 33.6 Å². The molecule has 0 fully saturated rings. The number of hydrogen-bond acceptors (Lipinski definition) is 5. The predicted octanol–water partition coefficient (Wildman–Crippen LogP) is 3.57. The summed E-state index contributed by atoms with van der Waals surface area (Å²) in [5.41, 5.74) is 0.567. The highest BCUT2D eigenvalue weighted by Gasteiger charge is 2.22. The molecule has 0 bridgehead atoms. The van der Waals surface area contributed by atoms with Crippen molar-refractivity contribution in [3.63, 3.8) is 0 Å². The molecule has 1 heterocycles. The van der Waals surface area contributed by atoms with Gasteiger partial charge in [-0.1, -0.05) is 37.6 Å². The molecule has 0 amide bonds. The number of hydrogen-bond donors (Lipinski definition) is 3. The van der Waals surface area contributed by atoms with Gasteiger partial charge >= 0.3 is 0 Å². The lowest BCUT2D eigenvalue weighted by Crippen LogP contribution is -2.25. The molecule has 0 aliphatic carbocycles. The van der Waals surface area contributed by atoms with E-state index in [4.69, 9.17) is 16.3 Å². The summed E-state index contributed by atoms with van der Waals surface area (Å²) >= 11 is 5.89. The van der Waals surface area contributed by atoms with Crippen molar-refractivity contribution in [2.75, 3.05) is 13.7 Å². The zero-order valence-electron chi connectivity index (χ0n) is 17.5. The molecule has 0 saturated carbocycles. The first-order chi connectivity index (χ1) is 14.7. The number of halogens is 2. The fraction of sp³-hybridized carbons (Fsp3) is 0.348. The third-order valence-electron chi connectivity index (χ3n) is 5.47. The van der Waals surface area contributed by atoms with E-state index in [1.54, 1.807) is 28.8 Å². The van der Waals surface area contributed by atoms with E-state index < -0.39 is 23.6 Å². The summed E-state index contributed by atoms with van der Waals surface area (Å²) in [6.45, 7) is 3.61. The Bertz CT molecular complexity index is 1160. The lowest BCUT2D eigenvalue weighted by Gasteiger charge is -2.26. The first kappa shape index (κ1) is 23.2. The molecule has 166 valence electrons. The third-order valence-corrected chi connectivity index (χ3v) is 5.76. The molecule has 0 saturated heterocycles. The Morgan fingerprint density at radius 3 is 2.48 bits per heavy atom. The van der Waals surface area contributed by atoms with Crippen LogP contribution in [0, 0.1) is 11.7 Å². The molecule has 1 unspecified atom stereocenters. The Hall–Kier alpha value is -2.45. The van der Waals surface area contributed by atoms with E-state index in [1.807, 2.05) is 13.8 Å². The second-order valence-electron chi connectivity index (χ2n) is 7.76. The fourth-order valence-corrected chi connectivity index (χ4v) is 3.93. The summed E-state index contributed by atoms with van der Waals surface area (Å²) < 4.78 is 21.6. The van der Waals surface area contributed by atoms with Gasteiger partial charge in [-0.2, -0.15) is 0 Å². The summed E-state index contributed by atoms with van der Waals surface area (Å²) in [5, 5.41) is 29.6. The molecule has 1 atom stereocenters. The lowest BCUT2D eigenvalue weighted by atomic mass is 9.98. The summed E-state index contributed by atoms with van der Waals surface area (Å²) in [4.78, 5) is 13.0. The van der Waals surface area contributed by atoms with E-state index in [0.29, 0.717) is 22.4 Å². The summed E-state index contributed by atoms with van der Waals surface area (Å²) in [7, 11) is 1.47. The Morgan fingerprint density at radius 1 is 1.19 bits per heavy atom. The highest BCUT2D eigenvalue weighted by Crippen LogP contribution is 2.32. The Morgan fingerprint density at radius 2 is 1.90 bits per heavy atom. The van der Waals surface area contributed by atoms with Crippen molar-refractivity contribution in [3.8, 4) is 5.75 Å². The van der Waals surface area contributed by atoms with E-state index in [-0.39, 0.29) is 34.9 Å². The van der Waals surface area contributed by atoms with Crippen LogP contribution in [0.3, 0.4) is 0 Å². The summed E-state index contributed by atoms with van der Waals surface area (Å²) in [5.74, 6) is -0.133. The van der Waals surface area contributed by atoms with Gasteiger partial charge < -0.3 is 24.6 Å². The molecule has 3 N–H and O–H groups in total. The Labute approximate surface area is 184 Å². The maximum Gasteiger partial charge on any atom is 0.197 e. The minimum atomic E-state index is -1.98. The molecule has 6 nitrogen and oxygen atoms in total. The van der Waals surface area contributed by atoms with E-state index in [2.05, 4.69) is 0 Å². The molecule has 3 aromatic rings. The van der Waals surface area contributed by atoms with Crippen molar-refractivity contribution < 1.29 is 24.4 Å². The van der Waals surface area contributed by atoms with Crippen LogP contribution in [0.5, 0.6) is 5.75 Å². The average Bonchev–Trinajstić information content (AvgIpc) is 2.72. The number of aliphatic hydroxyl groups is 3. The van der Waals surface area contributed by atoms with E-state index >= 15 is 0 Å². The van der Waals surface area contributed by atoms with Gasteiger partial charge in [0, 0.05) is 24.1 Å². The van der Waals surface area contributed by atoms with Crippen LogP contribution in [0.4, 0.5) is 4.39 Å². The van der Waals surface area contributed by atoms with Gasteiger partial charge in [0.05, 0.1) is 35.9 Å². The van der Waals surface area contributed by atoms with Crippen molar-refractivity contribution >= 4 is 22.5 Å². The summed E-state index contributed by atoms with van der Waals surface area (Å²) in [6, 6.07) is 7.47. The smallest absolute Gasteiger partial charge is 0.197 e. The number of nitrogens with zero attached hydrogens (tertiary/aromatic N) is 1. The molecule has 8 heteroatoms. The quantitative estimate of drug-likeness (QED) is 0.480. The Kier molecular flexibility index (Phi) is 7.01. The number of rotatable bonds is 7. The number of aliphatic hydroxyl groups excluding tert-OH is 2. The topological polar surface area (TPSA) is 91.9 Å². The second kappa shape index (κ2) is 9.36. The zero-order valence-corrected chi connectivity index (χ0v) is 18.2. The molecule has 31 heavy (non-hydrogen) atoms. The van der Waals surface area contributed by atoms with Crippen LogP contribution in [-0.2, 0) is 6.42 Å². The number of pyridine rings is 1. The number of benzene rings is 2. The molecular formula is C23H25ClFNO5. The van der Waals surface area contributed by atoms with E-state index in [9.17, 15) is 24.5 Å². The van der Waals surface area contributed by atoms with E-state index in [1.165, 1.54) is 19.4 Å². The van der Waals surface area contributed by atoms with E-state index in [0.717, 1.165) is 0 Å². The van der Waals surface area contributed by atoms with Crippen LogP contribution in [0.15, 0.2) is 41.3 Å². The highest BCUT2D eigenvalue weighted by molar-refractivity contribution is 6.30. The predicted molar refractivity (Wildman–Crippen MR) is 117 cm³/mol. The normalized spacial score (nSPS) is 12.7. The molecule has 1 aromatic heterocycles. The number of ether oxygens (including phenoxy) is 1. The van der Waals surface area contributed by atoms with Crippen LogP contribution in [0.1, 0.15) is 42.9 Å². The standard InChI is InChI=1S/C23H25ClFNO5/c1-12(2)19(11-27)26-10-16(23(29)30)22(28)15-8-14(20(31-3)9-18(15)26)7-13-5-4-6-17(24)21(13)25/h4-6,8-10,12,19,23,27,29-30H,7,11H2,1-3H3. The van der Waals surface area contributed by atoms with Gasteiger partial charge in [0.25, 0.3) is 0 Å². The first-order valence-corrected chi connectivity index (χ1v) is 10.2. The molecule has 0 aliphatic heterocycles. The minimum Gasteiger partial charge on any atom is -0.496 e. The van der Waals surface area contributed by atoms with Gasteiger partial charge in [-0.05, 0) is 29.2 Å². The molecular weight excluding hydrogens is 425 g/mol. The fourth-order valence-electron chi connectivity index (χ4n) is 3.74. The largest absolute Gasteiger partial charge is 0.496 e. The van der Waals surface area contributed by atoms with Crippen LogP contribution >= 0.6 is 11.6 Å². The van der Waals surface area contributed by atoms with Gasteiger partial charge in [0.1, 0.15) is 11.6 Å². The first-order valence-electron chi connectivity index (χ1n) is 9.85. The molecule has 3 rings (SSSR count). The third kappa shape index (κ3) is 4.45. The molecule has 0 spiro atoms. The van der Waals surface area contributed by atoms with Crippen molar-refractivity contribution in [2.45, 2.75) is 32.6 Å². The minimum absolute atomic E-state index is 0.00646. The van der Waals surface area contributed by atoms with Crippen LogP contribution in [0.2, 0.25) is 5.02 Å². The van der Waals surface area contributed by atoms with Gasteiger partial charge in [-0.25, -0.2) is 4.39 Å². The monoisotopic (exact) mass is 449 g/mol. The summed E-state index contributed by atoms with van der Waals surface area (Å²) in [6.07, 6.45) is -0.512. The van der Waals surface area contributed by atoms with Crippen molar-refractivity contribution in [2.24, 2.45) is 5.92 Å². The maximum absolute atomic E-state index is 14.5. The second-order valence-corrected chi connectivity index (χ2v) is 8.17. The number of fused-ring (bicyclic) bond motifs is 1. The van der Waals surface area contributed by atoms with Gasteiger partial charge in [0.2, 0.25) is 0 Å². The SMILES string of the molecule is COc1cc2c(cc1Cc1cccc(Cl)c1F)c(=O)c(C(O)O)cn2C(CO)C(C)C. The van der Waals surface area contributed by atoms with Crippen molar-refractivity contribution in [1.82, 2.24) is 4.57 Å². The maximum atomic E-state index is 14.5. The zero-order chi connectivity index (χ0) is 22.9. The molecule has 0 radical (unpaired) electrons. The highest BCUT2D eigenvalue weighted by atomic mass is 35.5. The molecule has 2 aromatic carbocycles. The van der Waals surface area contributed by atoms with Crippen molar-refractivity contribution in [1.29, 1.82) is 0 Å². The number of aromatic nitrogens is 1. The number of methoxy groups -OCH3 is 1. The van der Waals surface area contributed by atoms with Crippen LogP contribution in [0.25, 0.3) is 10.9 Å². The molecule has 0 aliphatic rings.